The van der Waals surface area contributed by atoms with Crippen LogP contribution < -0.4 is 0 Å². The van der Waals surface area contributed by atoms with Crippen molar-refractivity contribution in [3.8, 4) is 0 Å². The average molecular weight is 287 g/mol. The summed E-state index contributed by atoms with van der Waals surface area (Å²) in [5.41, 5.74) is 1.02. The monoisotopic (exact) mass is 287 g/mol. The summed E-state index contributed by atoms with van der Waals surface area (Å²) < 4.78 is 17.9. The number of aliphatic hydroxyl groups is 1. The Bertz CT molecular complexity index is 362. The van der Waals surface area contributed by atoms with Gasteiger partial charge in [0.15, 0.2) is 0 Å². The number of carbonyl (C=O) groups is 1. The van der Waals surface area contributed by atoms with Gasteiger partial charge in [-0.15, -0.1) is 0 Å². The highest BCUT2D eigenvalue weighted by atomic mass is 32.2. The zero-order valence-corrected chi connectivity index (χ0v) is 12.6. The molecule has 4 nitrogen and oxygen atoms in total. The summed E-state index contributed by atoms with van der Waals surface area (Å²) in [6.07, 6.45) is 0.790. The van der Waals surface area contributed by atoms with Crippen molar-refractivity contribution in [1.82, 2.24) is 0 Å². The molecule has 0 aromatic rings. The smallest absolute Gasteiger partial charge is 0.311 e. The van der Waals surface area contributed by atoms with E-state index in [0.717, 1.165) is 24.6 Å². The molecule has 1 aliphatic heterocycles. The lowest BCUT2D eigenvalue weighted by molar-refractivity contribution is -0.176. The number of aliphatic hydroxyl groups excluding tert-OH is 1. The summed E-state index contributed by atoms with van der Waals surface area (Å²) in [7, 11) is 1.09. The SMILES string of the molecule is [3H][B]SO[C@H]1[C@@H](C)[C@H](C[C@H](O)C=C(C)C)OC(=O)[C@@H]1C. The molecule has 0 saturated carbocycles. The van der Waals surface area contributed by atoms with Crippen LogP contribution in [-0.2, 0) is 13.7 Å². The molecule has 1 fully saturated rings. The molecule has 0 aliphatic carbocycles. The number of cyclic esters (lactones) is 1. The van der Waals surface area contributed by atoms with Gasteiger partial charge in [-0.1, -0.05) is 30.5 Å². The van der Waals surface area contributed by atoms with Crippen LogP contribution in [0.1, 0.15) is 34.1 Å². The lowest BCUT2D eigenvalue weighted by Gasteiger charge is -2.38. The molecule has 0 bridgehead atoms. The molecule has 1 aliphatic rings. The Morgan fingerprint density at radius 2 is 2.37 bits per heavy atom. The van der Waals surface area contributed by atoms with Crippen molar-refractivity contribution in [2.75, 3.05) is 0 Å². The quantitative estimate of drug-likeness (QED) is 0.349. The van der Waals surface area contributed by atoms with Crippen LogP contribution in [0.3, 0.4) is 0 Å². The van der Waals surface area contributed by atoms with Gasteiger partial charge in [-0.05, 0) is 22.1 Å². The number of carbonyl (C=O) groups excluding carboxylic acids is 1. The van der Waals surface area contributed by atoms with E-state index in [1.165, 1.54) is 0 Å². The van der Waals surface area contributed by atoms with E-state index < -0.39 is 6.10 Å². The third kappa shape index (κ3) is 4.54. The van der Waals surface area contributed by atoms with Crippen LogP contribution in [-0.4, -0.2) is 37.8 Å². The van der Waals surface area contributed by atoms with Gasteiger partial charge in [0.05, 0.1) is 18.1 Å². The van der Waals surface area contributed by atoms with Crippen LogP contribution in [0, 0.1) is 11.8 Å². The molecule has 0 aromatic heterocycles. The lowest BCUT2D eigenvalue weighted by atomic mass is 9.84. The summed E-state index contributed by atoms with van der Waals surface area (Å²) in [6, 6.07) is 0. The molecule has 1 radical (unpaired) electrons. The van der Waals surface area contributed by atoms with Crippen LogP contribution in [0.5, 0.6) is 0 Å². The first-order valence-electron chi connectivity index (χ1n) is 7.00. The highest BCUT2D eigenvalue weighted by Gasteiger charge is 2.42. The second kappa shape index (κ2) is 7.36. The first-order chi connectivity index (χ1) is 9.36. The largest absolute Gasteiger partial charge is 0.462 e. The standard InChI is InChI=1S/C13H22BO4S/c1-7(2)5-10(15)6-11-8(3)12(18-19-14)9(4)13(16)17-11/h5,8-12,14-15H,6H2,1-4H3/t8-,9+,10+,11-,12-/m0/s1/i14T. The van der Waals surface area contributed by atoms with Crippen LogP contribution in [0.25, 0.3) is 0 Å². The van der Waals surface area contributed by atoms with Gasteiger partial charge in [-0.3, -0.25) is 4.79 Å². The van der Waals surface area contributed by atoms with Crippen molar-refractivity contribution in [3.63, 3.8) is 0 Å². The van der Waals surface area contributed by atoms with E-state index in [-0.39, 0.29) is 30.0 Å². The van der Waals surface area contributed by atoms with Crippen molar-refractivity contribution in [3.05, 3.63) is 11.6 Å². The Balaban J connectivity index is 2.71. The summed E-state index contributed by atoms with van der Waals surface area (Å²) in [4.78, 5) is 11.9. The first-order valence-corrected chi connectivity index (χ1v) is 7.23. The zero-order chi connectivity index (χ0) is 15.3. The maximum absolute atomic E-state index is 11.9. The van der Waals surface area contributed by atoms with E-state index in [2.05, 4.69) is 0 Å². The molecule has 1 N–H and O–H groups in total. The number of hydrogen-bond acceptors (Lipinski definition) is 5. The summed E-state index contributed by atoms with van der Waals surface area (Å²) in [5.74, 6) is -0.710. The van der Waals surface area contributed by atoms with E-state index in [0.29, 0.717) is 6.42 Å². The third-order valence-corrected chi connectivity index (χ3v) is 3.74. The van der Waals surface area contributed by atoms with Crippen molar-refractivity contribution in [2.24, 2.45) is 11.8 Å². The highest BCUT2D eigenvalue weighted by molar-refractivity contribution is 8.15. The Morgan fingerprint density at radius 3 is 2.95 bits per heavy atom. The number of allylic oxidation sites excluding steroid dienone is 1. The Hall–Kier alpha value is -0.455. The molecule has 107 valence electrons. The van der Waals surface area contributed by atoms with Gasteiger partial charge in [0.25, 0.3) is 0 Å². The minimum atomic E-state index is -0.635. The fraction of sp³-hybridized carbons (Fsp3) is 0.769. The third-order valence-electron chi connectivity index (χ3n) is 3.40. The van der Waals surface area contributed by atoms with Crippen molar-refractivity contribution in [1.29, 1.82) is 1.34 Å². The molecular formula is C13H22BO4S. The first kappa shape index (κ1) is 14.9. The van der Waals surface area contributed by atoms with Gasteiger partial charge < -0.3 is 14.0 Å². The zero-order valence-electron chi connectivity index (χ0n) is 12.8. The van der Waals surface area contributed by atoms with Crippen molar-refractivity contribution < 1.29 is 18.8 Å². The Labute approximate surface area is 121 Å². The van der Waals surface area contributed by atoms with Gasteiger partial charge in [-0.25, -0.2) is 0 Å². The van der Waals surface area contributed by atoms with Crippen molar-refractivity contribution >= 4 is 25.0 Å². The van der Waals surface area contributed by atoms with Crippen LogP contribution in [0.4, 0.5) is 0 Å². The van der Waals surface area contributed by atoms with Gasteiger partial charge >= 0.3 is 5.97 Å². The van der Waals surface area contributed by atoms with Gasteiger partial charge in [-0.2, -0.15) is 0 Å². The van der Waals surface area contributed by atoms with Crippen LogP contribution in [0.15, 0.2) is 11.6 Å². The highest BCUT2D eigenvalue weighted by Crippen LogP contribution is 2.33. The van der Waals surface area contributed by atoms with E-state index in [1.807, 2.05) is 20.8 Å². The second-order valence-electron chi connectivity index (χ2n) is 5.33. The summed E-state index contributed by atoms with van der Waals surface area (Å²) >= 11 is 0.915. The fourth-order valence-electron chi connectivity index (χ4n) is 2.35. The van der Waals surface area contributed by atoms with Gasteiger partial charge in [0, 0.05) is 12.3 Å². The molecule has 1 rings (SSSR count). The van der Waals surface area contributed by atoms with Gasteiger partial charge in [0.1, 0.15) is 6.10 Å². The average Bonchev–Trinajstić information content (AvgIpc) is 2.35. The predicted molar refractivity (Wildman–Crippen MR) is 77.9 cm³/mol. The van der Waals surface area contributed by atoms with E-state index in [4.69, 9.17) is 10.3 Å². The predicted octanol–water partition coefficient (Wildman–Crippen LogP) is 1.75. The van der Waals surface area contributed by atoms with Gasteiger partial charge in [0.2, 0.25) is 7.09 Å². The number of rotatable bonds is 6. The molecule has 0 aromatic carbocycles. The molecule has 1 saturated heterocycles. The molecule has 19 heavy (non-hydrogen) atoms. The molecule has 0 spiro atoms. The normalized spacial score (nSPS) is 33.1. The molecule has 0 unspecified atom stereocenters. The van der Waals surface area contributed by atoms with Crippen LogP contribution >= 0.6 is 11.9 Å². The maximum Gasteiger partial charge on any atom is 0.311 e. The number of hydrogen-bond donors (Lipinski definition) is 1. The minimum Gasteiger partial charge on any atom is -0.462 e. The molecular weight excluding hydrogens is 263 g/mol. The molecule has 1 heterocycles. The molecule has 0 amide bonds. The van der Waals surface area contributed by atoms with E-state index in [1.54, 1.807) is 13.0 Å². The number of esters is 1. The van der Waals surface area contributed by atoms with E-state index >= 15 is 0 Å². The summed E-state index contributed by atoms with van der Waals surface area (Å²) in [5, 5.41) is 9.95. The fourth-order valence-corrected chi connectivity index (χ4v) is 2.82. The topological polar surface area (TPSA) is 55.8 Å². The molecule has 6 heteroatoms. The van der Waals surface area contributed by atoms with Crippen molar-refractivity contribution in [2.45, 2.75) is 52.4 Å². The minimum absolute atomic E-state index is 0.0321. The van der Waals surface area contributed by atoms with Crippen LogP contribution in [0.2, 0.25) is 0 Å². The second-order valence-corrected chi connectivity index (χ2v) is 5.71. The lowest BCUT2D eigenvalue weighted by Crippen LogP contribution is -2.48. The molecule has 5 atom stereocenters. The van der Waals surface area contributed by atoms with E-state index in [9.17, 15) is 9.90 Å². The summed E-state index contributed by atoms with van der Waals surface area (Å²) in [6.45, 7) is 7.53. The number of ether oxygens (including phenoxy) is 1. The Kier molecular flexibility index (Phi) is 5.79. The maximum atomic E-state index is 11.9. The Morgan fingerprint density at radius 1 is 1.68 bits per heavy atom.